The number of nitrogens with one attached hydrogen (secondary N) is 3. The summed E-state index contributed by atoms with van der Waals surface area (Å²) < 4.78 is 11.2. The minimum absolute atomic E-state index is 0.284. The molecule has 1 unspecified atom stereocenters. The summed E-state index contributed by atoms with van der Waals surface area (Å²) in [7, 11) is 1.79. The van der Waals surface area contributed by atoms with E-state index in [1.807, 2.05) is 0 Å². The van der Waals surface area contributed by atoms with Gasteiger partial charge >= 0.3 is 0 Å². The molecule has 0 radical (unpaired) electrons. The van der Waals surface area contributed by atoms with Gasteiger partial charge in [0.25, 0.3) is 0 Å². The van der Waals surface area contributed by atoms with E-state index in [0.29, 0.717) is 13.2 Å². The number of H-pyrrole nitrogens is 1. The molecule has 3 N–H and O–H groups in total. The summed E-state index contributed by atoms with van der Waals surface area (Å²) in [5.74, 6) is 0.810. The molecule has 1 saturated heterocycles. The second-order valence-corrected chi connectivity index (χ2v) is 6.89. The third-order valence-corrected chi connectivity index (χ3v) is 5.05. The summed E-state index contributed by atoms with van der Waals surface area (Å²) in [6.45, 7) is 5.98. The van der Waals surface area contributed by atoms with Crippen molar-refractivity contribution in [2.24, 2.45) is 4.99 Å². The molecule has 148 valence electrons. The molecule has 0 saturated carbocycles. The minimum Gasteiger partial charge on any atom is -0.377 e. The minimum atomic E-state index is 0.284. The lowest BCUT2D eigenvalue weighted by atomic mass is 10.1. The van der Waals surface area contributed by atoms with Crippen LogP contribution in [0.5, 0.6) is 0 Å². The normalized spacial score (nSPS) is 17.6. The zero-order valence-corrected chi connectivity index (χ0v) is 16.5. The van der Waals surface area contributed by atoms with Crippen LogP contribution in [0.25, 0.3) is 10.9 Å². The largest absolute Gasteiger partial charge is 0.377 e. The first-order valence-electron chi connectivity index (χ1n) is 10.0. The molecular weight excluding hydrogens is 340 g/mol. The zero-order chi connectivity index (χ0) is 18.9. The number of aromatic nitrogens is 1. The van der Waals surface area contributed by atoms with E-state index in [-0.39, 0.29) is 6.10 Å². The van der Waals surface area contributed by atoms with Crippen LogP contribution < -0.4 is 10.6 Å². The van der Waals surface area contributed by atoms with Gasteiger partial charge in [0.1, 0.15) is 0 Å². The summed E-state index contributed by atoms with van der Waals surface area (Å²) in [4.78, 5) is 7.71. The monoisotopic (exact) mass is 372 g/mol. The highest BCUT2D eigenvalue weighted by molar-refractivity contribution is 5.86. The van der Waals surface area contributed by atoms with Gasteiger partial charge in [-0.1, -0.05) is 25.1 Å². The molecule has 27 heavy (non-hydrogen) atoms. The Morgan fingerprint density at radius 3 is 2.96 bits per heavy atom. The number of aromatic amines is 1. The van der Waals surface area contributed by atoms with Crippen molar-refractivity contribution in [1.29, 1.82) is 0 Å². The lowest BCUT2D eigenvalue weighted by molar-refractivity contribution is 0.0191. The maximum absolute atomic E-state index is 5.67. The van der Waals surface area contributed by atoms with Crippen LogP contribution in [-0.2, 0) is 22.3 Å². The zero-order valence-electron chi connectivity index (χ0n) is 16.5. The van der Waals surface area contributed by atoms with Crippen molar-refractivity contribution < 1.29 is 9.47 Å². The van der Waals surface area contributed by atoms with Crippen molar-refractivity contribution in [1.82, 2.24) is 15.6 Å². The number of fused-ring (bicyclic) bond motifs is 1. The van der Waals surface area contributed by atoms with Gasteiger partial charge in [0, 0.05) is 43.8 Å². The highest BCUT2D eigenvalue weighted by Crippen LogP contribution is 2.22. The first-order chi connectivity index (χ1) is 13.3. The van der Waals surface area contributed by atoms with E-state index in [4.69, 9.17) is 9.47 Å². The predicted molar refractivity (Wildman–Crippen MR) is 111 cm³/mol. The van der Waals surface area contributed by atoms with Gasteiger partial charge in [-0.05, 0) is 36.8 Å². The fourth-order valence-electron chi connectivity index (χ4n) is 3.55. The van der Waals surface area contributed by atoms with Crippen LogP contribution in [0, 0.1) is 0 Å². The van der Waals surface area contributed by atoms with Crippen LogP contribution in [0.2, 0.25) is 0 Å². The third kappa shape index (κ3) is 5.47. The van der Waals surface area contributed by atoms with Crippen LogP contribution in [0.15, 0.2) is 29.4 Å². The van der Waals surface area contributed by atoms with Gasteiger partial charge in [0.15, 0.2) is 5.96 Å². The molecule has 2 aromatic rings. The number of nitrogens with zero attached hydrogens (tertiary/aromatic N) is 1. The summed E-state index contributed by atoms with van der Waals surface area (Å²) in [6.07, 6.45) is 6.67. The Morgan fingerprint density at radius 1 is 1.30 bits per heavy atom. The van der Waals surface area contributed by atoms with Crippen molar-refractivity contribution in [2.75, 3.05) is 40.0 Å². The fraction of sp³-hybridized carbons (Fsp3) is 0.571. The molecule has 3 rings (SSSR count). The Bertz CT molecular complexity index is 735. The molecule has 1 aliphatic heterocycles. The van der Waals surface area contributed by atoms with Gasteiger partial charge in [0.05, 0.1) is 19.3 Å². The van der Waals surface area contributed by atoms with Gasteiger partial charge in [-0.3, -0.25) is 4.99 Å². The highest BCUT2D eigenvalue weighted by Gasteiger charge is 2.15. The molecule has 0 spiro atoms. The van der Waals surface area contributed by atoms with Crippen LogP contribution in [0.1, 0.15) is 30.9 Å². The van der Waals surface area contributed by atoms with Gasteiger partial charge in [-0.2, -0.15) is 0 Å². The first kappa shape index (κ1) is 19.7. The van der Waals surface area contributed by atoms with Crippen molar-refractivity contribution >= 4 is 16.9 Å². The molecule has 6 nitrogen and oxygen atoms in total. The molecule has 6 heteroatoms. The number of ether oxygens (including phenoxy) is 2. The third-order valence-electron chi connectivity index (χ3n) is 5.05. The molecule has 1 atom stereocenters. The molecule has 0 bridgehead atoms. The van der Waals surface area contributed by atoms with Crippen LogP contribution in [-0.4, -0.2) is 57.0 Å². The lowest BCUT2D eigenvalue weighted by Gasteiger charge is -2.13. The van der Waals surface area contributed by atoms with Gasteiger partial charge in [-0.15, -0.1) is 0 Å². The molecule has 2 heterocycles. The SMILES string of the molecule is CCc1cccc2c(CCNC(=NC)NCCOCC3CCCO3)c[nH]c12. The number of aryl methyl sites for hydroxylation is 1. The summed E-state index contributed by atoms with van der Waals surface area (Å²) >= 11 is 0. The van der Waals surface area contributed by atoms with Gasteiger partial charge < -0.3 is 25.1 Å². The van der Waals surface area contributed by atoms with Crippen molar-refractivity contribution in [3.63, 3.8) is 0 Å². The van der Waals surface area contributed by atoms with E-state index in [2.05, 4.69) is 51.9 Å². The second kappa shape index (κ2) is 10.3. The first-order valence-corrected chi connectivity index (χ1v) is 10.0. The van der Waals surface area contributed by atoms with Crippen LogP contribution >= 0.6 is 0 Å². The summed E-state index contributed by atoms with van der Waals surface area (Å²) in [6, 6.07) is 6.52. The number of hydrogen-bond acceptors (Lipinski definition) is 3. The second-order valence-electron chi connectivity index (χ2n) is 6.89. The molecule has 0 amide bonds. The molecule has 1 aromatic carbocycles. The maximum atomic E-state index is 5.67. The molecule has 1 fully saturated rings. The average molecular weight is 373 g/mol. The molecule has 0 aliphatic carbocycles. The molecule has 1 aromatic heterocycles. The van der Waals surface area contributed by atoms with Gasteiger partial charge in [0.2, 0.25) is 0 Å². The van der Waals surface area contributed by atoms with E-state index in [1.165, 1.54) is 22.0 Å². The number of aliphatic imine (C=N–C) groups is 1. The Morgan fingerprint density at radius 2 is 2.19 bits per heavy atom. The van der Waals surface area contributed by atoms with Crippen molar-refractivity contribution in [3.05, 3.63) is 35.5 Å². The molecule has 1 aliphatic rings. The Kier molecular flexibility index (Phi) is 7.54. The standard InChI is InChI=1S/C21H32N4O2/c1-3-16-6-4-8-19-17(14-25-20(16)19)9-10-23-21(22-2)24-11-13-26-15-18-7-5-12-27-18/h4,6,8,14,18,25H,3,5,7,9-13,15H2,1-2H3,(H2,22,23,24). The lowest BCUT2D eigenvalue weighted by Crippen LogP contribution is -2.40. The highest BCUT2D eigenvalue weighted by atomic mass is 16.5. The topological polar surface area (TPSA) is 70.7 Å². The predicted octanol–water partition coefficient (Wildman–Crippen LogP) is 2.63. The van der Waals surface area contributed by atoms with Gasteiger partial charge in [-0.25, -0.2) is 0 Å². The Hall–Kier alpha value is -2.05. The van der Waals surface area contributed by atoms with Crippen molar-refractivity contribution in [2.45, 2.75) is 38.7 Å². The summed E-state index contributed by atoms with van der Waals surface area (Å²) in [5, 5.41) is 7.99. The van der Waals surface area contributed by atoms with E-state index in [0.717, 1.165) is 51.3 Å². The molecular formula is C21H32N4O2. The maximum Gasteiger partial charge on any atom is 0.191 e. The van der Waals surface area contributed by atoms with E-state index in [1.54, 1.807) is 7.05 Å². The Balaban J connectivity index is 1.37. The van der Waals surface area contributed by atoms with Crippen molar-refractivity contribution in [3.8, 4) is 0 Å². The number of rotatable bonds is 9. The van der Waals surface area contributed by atoms with Crippen LogP contribution in [0.3, 0.4) is 0 Å². The number of guanidine groups is 1. The van der Waals surface area contributed by atoms with E-state index < -0.39 is 0 Å². The quantitative estimate of drug-likeness (QED) is 0.360. The van der Waals surface area contributed by atoms with E-state index in [9.17, 15) is 0 Å². The summed E-state index contributed by atoms with van der Waals surface area (Å²) in [5.41, 5.74) is 3.97. The number of hydrogen-bond donors (Lipinski definition) is 3. The Labute approximate surface area is 161 Å². The van der Waals surface area contributed by atoms with E-state index >= 15 is 0 Å². The van der Waals surface area contributed by atoms with Crippen LogP contribution in [0.4, 0.5) is 0 Å². The number of para-hydroxylation sites is 1. The smallest absolute Gasteiger partial charge is 0.191 e. The average Bonchev–Trinajstić information content (AvgIpc) is 3.36. The number of benzene rings is 1. The fourth-order valence-corrected chi connectivity index (χ4v) is 3.55.